The Hall–Kier alpha value is -3.04. The van der Waals surface area contributed by atoms with E-state index in [-0.39, 0.29) is 11.3 Å². The predicted molar refractivity (Wildman–Crippen MR) is 119 cm³/mol. The van der Waals surface area contributed by atoms with Gasteiger partial charge in [0.2, 0.25) is 5.95 Å². The summed E-state index contributed by atoms with van der Waals surface area (Å²) >= 11 is 0. The first-order valence-corrected chi connectivity index (χ1v) is 10.8. The van der Waals surface area contributed by atoms with Gasteiger partial charge in [0.15, 0.2) is 0 Å². The van der Waals surface area contributed by atoms with E-state index in [1.165, 1.54) is 17.9 Å². The van der Waals surface area contributed by atoms with E-state index >= 15 is 0 Å². The number of rotatable bonds is 5. The van der Waals surface area contributed by atoms with Crippen LogP contribution in [0.1, 0.15) is 11.1 Å². The zero-order valence-corrected chi connectivity index (χ0v) is 18.2. The van der Waals surface area contributed by atoms with Gasteiger partial charge in [0.05, 0.1) is 19.3 Å². The largest absolute Gasteiger partial charge is 0.378 e. The predicted octanol–water partition coefficient (Wildman–Crippen LogP) is 3.43. The lowest BCUT2D eigenvalue weighted by Gasteiger charge is -2.43. The zero-order chi connectivity index (χ0) is 22.2. The lowest BCUT2D eigenvalue weighted by molar-refractivity contribution is -0.0660. The highest BCUT2D eigenvalue weighted by molar-refractivity contribution is 5.64. The third-order valence-corrected chi connectivity index (χ3v) is 6.10. The summed E-state index contributed by atoms with van der Waals surface area (Å²) < 4.78 is 34.7. The van der Waals surface area contributed by atoms with Crippen LogP contribution in [0.15, 0.2) is 36.7 Å². The summed E-state index contributed by atoms with van der Waals surface area (Å²) in [6.07, 6.45) is 1.37. The van der Waals surface area contributed by atoms with Crippen molar-refractivity contribution in [3.05, 3.63) is 59.4 Å². The van der Waals surface area contributed by atoms with Crippen molar-refractivity contribution in [2.45, 2.75) is 19.9 Å². The van der Waals surface area contributed by atoms with Gasteiger partial charge < -0.3 is 15.0 Å². The summed E-state index contributed by atoms with van der Waals surface area (Å²) in [5.41, 5.74) is 3.38. The van der Waals surface area contributed by atoms with E-state index in [4.69, 9.17) is 4.74 Å². The molecule has 0 unspecified atom stereocenters. The molecular formula is C23H26F2N6O. The van der Waals surface area contributed by atoms with Crippen molar-refractivity contribution in [3.63, 3.8) is 0 Å². The molecule has 2 fully saturated rings. The third kappa shape index (κ3) is 4.18. The van der Waals surface area contributed by atoms with E-state index in [0.717, 1.165) is 68.5 Å². The molecule has 0 amide bonds. The number of hydrogen-bond donors (Lipinski definition) is 1. The van der Waals surface area contributed by atoms with E-state index < -0.39 is 11.6 Å². The second-order valence-electron chi connectivity index (χ2n) is 8.46. The minimum Gasteiger partial charge on any atom is -0.378 e. The Morgan fingerprint density at radius 2 is 1.75 bits per heavy atom. The van der Waals surface area contributed by atoms with Gasteiger partial charge in [0.1, 0.15) is 23.6 Å². The number of hydrogen-bond acceptors (Lipinski definition) is 6. The van der Waals surface area contributed by atoms with Crippen molar-refractivity contribution < 1.29 is 13.5 Å². The number of anilines is 3. The molecule has 0 radical (unpaired) electrons. The molecule has 0 spiro atoms. The SMILES string of the molecule is Cc1cc(Nc2ncn(-c3cc(F)c(C)cc3F)n2)cc(N2CCN(C3COC3)CC2)c1. The topological polar surface area (TPSA) is 58.5 Å². The first kappa shape index (κ1) is 20.8. The number of nitrogens with one attached hydrogen (secondary N) is 1. The van der Waals surface area contributed by atoms with Crippen LogP contribution in [0, 0.1) is 25.5 Å². The second kappa shape index (κ2) is 8.48. The zero-order valence-electron chi connectivity index (χ0n) is 18.2. The lowest BCUT2D eigenvalue weighted by atomic mass is 10.1. The van der Waals surface area contributed by atoms with Crippen molar-refractivity contribution in [1.82, 2.24) is 19.7 Å². The molecule has 2 aromatic carbocycles. The van der Waals surface area contributed by atoms with E-state index in [1.807, 2.05) is 13.0 Å². The molecule has 0 bridgehead atoms. The molecule has 1 aromatic heterocycles. The van der Waals surface area contributed by atoms with Crippen molar-refractivity contribution in [3.8, 4) is 5.69 Å². The fourth-order valence-electron chi connectivity index (χ4n) is 4.17. The monoisotopic (exact) mass is 440 g/mol. The fraction of sp³-hybridized carbons (Fsp3) is 0.391. The van der Waals surface area contributed by atoms with Crippen LogP contribution in [0.25, 0.3) is 5.69 Å². The van der Waals surface area contributed by atoms with Crippen LogP contribution in [-0.2, 0) is 4.74 Å². The summed E-state index contributed by atoms with van der Waals surface area (Å²) in [6, 6.07) is 9.11. The van der Waals surface area contributed by atoms with Crippen molar-refractivity contribution >= 4 is 17.3 Å². The van der Waals surface area contributed by atoms with Crippen LogP contribution >= 0.6 is 0 Å². The van der Waals surface area contributed by atoms with Crippen molar-refractivity contribution in [2.24, 2.45) is 0 Å². The van der Waals surface area contributed by atoms with E-state index in [2.05, 4.69) is 37.3 Å². The molecule has 5 rings (SSSR count). The molecule has 0 saturated carbocycles. The highest BCUT2D eigenvalue weighted by atomic mass is 19.1. The average molecular weight is 440 g/mol. The van der Waals surface area contributed by atoms with E-state index in [1.54, 1.807) is 0 Å². The molecule has 9 heteroatoms. The van der Waals surface area contributed by atoms with Gasteiger partial charge in [0.25, 0.3) is 0 Å². The van der Waals surface area contributed by atoms with Gasteiger partial charge in [-0.15, -0.1) is 5.10 Å². The summed E-state index contributed by atoms with van der Waals surface area (Å²) in [7, 11) is 0. The minimum atomic E-state index is -0.550. The molecular weight excluding hydrogens is 414 g/mol. The average Bonchev–Trinajstić information content (AvgIpc) is 3.17. The van der Waals surface area contributed by atoms with Crippen molar-refractivity contribution in [1.29, 1.82) is 0 Å². The first-order valence-electron chi connectivity index (χ1n) is 10.8. The Kier molecular flexibility index (Phi) is 5.52. The highest BCUT2D eigenvalue weighted by Gasteiger charge is 2.29. The molecule has 2 aliphatic heterocycles. The Bertz CT molecular complexity index is 1120. The van der Waals surface area contributed by atoms with E-state index in [0.29, 0.717) is 12.0 Å². The molecule has 7 nitrogen and oxygen atoms in total. The van der Waals surface area contributed by atoms with Gasteiger partial charge in [-0.25, -0.2) is 13.5 Å². The molecule has 0 atom stereocenters. The van der Waals surface area contributed by atoms with Gasteiger partial charge >= 0.3 is 0 Å². The van der Waals surface area contributed by atoms with Gasteiger partial charge in [0, 0.05) is 43.6 Å². The lowest BCUT2D eigenvalue weighted by Crippen LogP contribution is -2.56. The molecule has 3 aromatic rings. The van der Waals surface area contributed by atoms with Crippen LogP contribution in [-0.4, -0.2) is 65.1 Å². The number of piperazine rings is 1. The van der Waals surface area contributed by atoms with Gasteiger partial charge in [-0.05, 0) is 49.2 Å². The van der Waals surface area contributed by atoms with Crippen molar-refractivity contribution in [2.75, 3.05) is 49.6 Å². The fourth-order valence-corrected chi connectivity index (χ4v) is 4.17. The van der Waals surface area contributed by atoms with Gasteiger partial charge in [-0.1, -0.05) is 0 Å². The van der Waals surface area contributed by atoms with Crippen LogP contribution in [0.3, 0.4) is 0 Å². The maximum Gasteiger partial charge on any atom is 0.246 e. The summed E-state index contributed by atoms with van der Waals surface area (Å²) in [6.45, 7) is 9.23. The third-order valence-electron chi connectivity index (χ3n) is 6.10. The minimum absolute atomic E-state index is 0.0216. The first-order chi connectivity index (χ1) is 15.5. The van der Waals surface area contributed by atoms with Gasteiger partial charge in [-0.2, -0.15) is 4.98 Å². The maximum atomic E-state index is 14.3. The molecule has 168 valence electrons. The number of aryl methyl sites for hydroxylation is 2. The Labute approximate surface area is 185 Å². The molecule has 32 heavy (non-hydrogen) atoms. The Balaban J connectivity index is 1.30. The van der Waals surface area contributed by atoms with E-state index in [9.17, 15) is 8.78 Å². The molecule has 1 N–H and O–H groups in total. The molecule has 3 heterocycles. The highest BCUT2D eigenvalue weighted by Crippen LogP contribution is 2.26. The summed E-state index contributed by atoms with van der Waals surface area (Å²) in [5, 5.41) is 7.47. The van der Waals surface area contributed by atoms with Crippen LogP contribution in [0.4, 0.5) is 26.1 Å². The second-order valence-corrected chi connectivity index (χ2v) is 8.46. The summed E-state index contributed by atoms with van der Waals surface area (Å²) in [5.74, 6) is -0.720. The standard InChI is InChI=1S/C23H26F2N6O/c1-15-7-17(10-18(8-15)29-3-5-30(6-4-29)19-12-32-13-19)27-23-26-14-31(28-23)22-11-20(24)16(2)9-21(22)25/h7-11,14,19H,3-6,12-13H2,1-2H3,(H,27,28). The maximum absolute atomic E-state index is 14.3. The smallest absolute Gasteiger partial charge is 0.246 e. The molecule has 0 aliphatic carbocycles. The van der Waals surface area contributed by atoms with Gasteiger partial charge in [-0.3, -0.25) is 4.90 Å². The molecule has 2 aliphatic rings. The molecule has 2 saturated heterocycles. The van der Waals surface area contributed by atoms with Crippen LogP contribution in [0.5, 0.6) is 0 Å². The summed E-state index contributed by atoms with van der Waals surface area (Å²) in [4.78, 5) is 9.10. The number of ether oxygens (including phenoxy) is 1. The quantitative estimate of drug-likeness (QED) is 0.656. The number of benzene rings is 2. The Morgan fingerprint density at radius 1 is 0.969 bits per heavy atom. The number of aromatic nitrogens is 3. The number of nitrogens with zero attached hydrogens (tertiary/aromatic N) is 5. The van der Waals surface area contributed by atoms with Crippen LogP contribution in [0.2, 0.25) is 0 Å². The normalized spacial score (nSPS) is 17.4. The Morgan fingerprint density at radius 3 is 2.47 bits per heavy atom. The number of halogens is 2. The van der Waals surface area contributed by atoms with Crippen LogP contribution < -0.4 is 10.2 Å².